The van der Waals surface area contributed by atoms with Gasteiger partial charge in [-0.2, -0.15) is 0 Å². The number of carbonyl (C=O) groups excluding carboxylic acids is 1. The number of ketones is 1. The Kier molecular flexibility index (Phi) is 3.44. The zero-order valence-corrected chi connectivity index (χ0v) is 8.47. The fraction of sp³-hybridized carbons (Fsp3) is 0.875. The molecule has 0 amide bonds. The van der Waals surface area contributed by atoms with E-state index in [4.69, 9.17) is 4.74 Å². The largest absolute Gasteiger partial charge is 0.370 e. The number of Topliss-reactive ketones (excluding diaryl/α,β-unsaturated/α-hetero) is 1. The van der Waals surface area contributed by atoms with Gasteiger partial charge in [0.05, 0.1) is 5.75 Å². The van der Waals surface area contributed by atoms with Crippen LogP contribution in [0.15, 0.2) is 0 Å². The van der Waals surface area contributed by atoms with Crippen LogP contribution in [0.3, 0.4) is 0 Å². The predicted octanol–water partition coefficient (Wildman–Crippen LogP) is 0.169. The molecule has 1 rings (SSSR count). The van der Waals surface area contributed by atoms with Crippen LogP contribution >= 0.6 is 0 Å². The normalized spacial score (nSPS) is 23.3. The van der Waals surface area contributed by atoms with Crippen LogP contribution in [0.4, 0.5) is 0 Å². The third kappa shape index (κ3) is 3.87. The number of carbonyl (C=O) groups is 1. The molecule has 1 aliphatic rings. The molecule has 1 aliphatic heterocycles. The molecule has 0 aliphatic carbocycles. The smallest absolute Gasteiger partial charge is 0.162 e. The lowest BCUT2D eigenvalue weighted by molar-refractivity contribution is -0.127. The Morgan fingerprint density at radius 2 is 2.23 bits per heavy atom. The van der Waals surface area contributed by atoms with Crippen molar-refractivity contribution in [3.8, 4) is 0 Å². The number of ether oxygens (including phenoxy) is 1. The first-order valence-corrected chi connectivity index (χ1v) is 6.37. The molecule has 76 valence electrons. The van der Waals surface area contributed by atoms with Crippen LogP contribution in [0.25, 0.3) is 0 Å². The van der Waals surface area contributed by atoms with Gasteiger partial charge in [-0.1, -0.05) is 0 Å². The fourth-order valence-corrected chi connectivity index (χ4v) is 1.85. The van der Waals surface area contributed by atoms with Gasteiger partial charge in [-0.15, -0.1) is 0 Å². The van der Waals surface area contributed by atoms with Crippen LogP contribution in [0.2, 0.25) is 0 Å². The highest BCUT2D eigenvalue weighted by Crippen LogP contribution is 2.14. The Morgan fingerprint density at radius 3 is 2.69 bits per heavy atom. The van der Waals surface area contributed by atoms with E-state index in [0.717, 1.165) is 19.1 Å². The van der Waals surface area contributed by atoms with Crippen molar-refractivity contribution in [3.05, 3.63) is 0 Å². The zero-order chi connectivity index (χ0) is 9.90. The molecule has 0 aromatic rings. The highest BCUT2D eigenvalue weighted by molar-refractivity contribution is 7.90. The van der Waals surface area contributed by atoms with E-state index < -0.39 is 9.84 Å². The van der Waals surface area contributed by atoms with Crippen LogP contribution in [0, 0.1) is 0 Å². The van der Waals surface area contributed by atoms with Crippen molar-refractivity contribution >= 4 is 15.6 Å². The van der Waals surface area contributed by atoms with E-state index in [1.54, 1.807) is 0 Å². The second-order valence-corrected chi connectivity index (χ2v) is 5.61. The second-order valence-electron chi connectivity index (χ2n) is 3.35. The van der Waals surface area contributed by atoms with E-state index >= 15 is 0 Å². The summed E-state index contributed by atoms with van der Waals surface area (Å²) in [6, 6.07) is 0. The molecule has 0 bridgehead atoms. The average Bonchev–Trinajstić information content (AvgIpc) is 2.50. The van der Waals surface area contributed by atoms with Crippen LogP contribution in [0.1, 0.15) is 19.3 Å². The fourth-order valence-electron chi connectivity index (χ4n) is 1.28. The molecule has 1 unspecified atom stereocenters. The van der Waals surface area contributed by atoms with Crippen LogP contribution in [-0.2, 0) is 19.4 Å². The van der Waals surface area contributed by atoms with Crippen molar-refractivity contribution in [2.75, 3.05) is 18.6 Å². The first-order valence-electron chi connectivity index (χ1n) is 4.31. The first-order chi connectivity index (χ1) is 5.99. The molecule has 0 saturated carbocycles. The molecule has 0 N–H and O–H groups in total. The lowest BCUT2D eigenvalue weighted by Crippen LogP contribution is -2.21. The van der Waals surface area contributed by atoms with Crippen LogP contribution < -0.4 is 0 Å². The van der Waals surface area contributed by atoms with Crippen molar-refractivity contribution in [1.29, 1.82) is 0 Å². The van der Waals surface area contributed by atoms with E-state index in [9.17, 15) is 13.2 Å². The minimum absolute atomic E-state index is 0.0638. The van der Waals surface area contributed by atoms with E-state index in [2.05, 4.69) is 0 Å². The van der Waals surface area contributed by atoms with Gasteiger partial charge in [0, 0.05) is 19.3 Å². The third-order valence-electron chi connectivity index (χ3n) is 2.01. The first kappa shape index (κ1) is 10.7. The maximum Gasteiger partial charge on any atom is 0.162 e. The molecule has 0 aromatic carbocycles. The van der Waals surface area contributed by atoms with Crippen molar-refractivity contribution in [2.24, 2.45) is 0 Å². The molecule has 13 heavy (non-hydrogen) atoms. The van der Waals surface area contributed by atoms with Crippen molar-refractivity contribution in [2.45, 2.75) is 25.4 Å². The van der Waals surface area contributed by atoms with Gasteiger partial charge < -0.3 is 4.74 Å². The third-order valence-corrected chi connectivity index (χ3v) is 2.95. The average molecular weight is 206 g/mol. The summed E-state index contributed by atoms with van der Waals surface area (Å²) >= 11 is 0. The van der Waals surface area contributed by atoms with Crippen LogP contribution in [0.5, 0.6) is 0 Å². The zero-order valence-electron chi connectivity index (χ0n) is 7.65. The van der Waals surface area contributed by atoms with Crippen molar-refractivity contribution in [3.63, 3.8) is 0 Å². The summed E-state index contributed by atoms with van der Waals surface area (Å²) in [5.74, 6) is -0.144. The van der Waals surface area contributed by atoms with Crippen molar-refractivity contribution in [1.82, 2.24) is 0 Å². The predicted molar refractivity (Wildman–Crippen MR) is 48.3 cm³/mol. The molecule has 5 heteroatoms. The summed E-state index contributed by atoms with van der Waals surface area (Å²) in [6.45, 7) is 0.620. The summed E-state index contributed by atoms with van der Waals surface area (Å²) in [6.07, 6.45) is 2.51. The highest BCUT2D eigenvalue weighted by atomic mass is 32.2. The van der Waals surface area contributed by atoms with Crippen molar-refractivity contribution < 1.29 is 17.9 Å². The number of hydrogen-bond acceptors (Lipinski definition) is 4. The Hall–Kier alpha value is -0.420. The minimum Gasteiger partial charge on any atom is -0.370 e. The van der Waals surface area contributed by atoms with Gasteiger partial charge in [0.25, 0.3) is 0 Å². The van der Waals surface area contributed by atoms with Gasteiger partial charge in [-0.3, -0.25) is 4.79 Å². The Bertz CT molecular complexity index is 275. The van der Waals surface area contributed by atoms with Gasteiger partial charge in [0.1, 0.15) is 15.9 Å². The number of rotatable bonds is 4. The molecule has 4 nitrogen and oxygen atoms in total. The standard InChI is InChI=1S/C8H14O4S/c1-13(10,11)6-4-7(9)8-3-2-5-12-8/h8H,2-6H2,1H3. The van der Waals surface area contributed by atoms with Gasteiger partial charge in [-0.25, -0.2) is 8.42 Å². The van der Waals surface area contributed by atoms with E-state index in [-0.39, 0.29) is 24.1 Å². The van der Waals surface area contributed by atoms with E-state index in [0.29, 0.717) is 6.61 Å². The topological polar surface area (TPSA) is 60.4 Å². The lowest BCUT2D eigenvalue weighted by Gasteiger charge is -2.06. The monoisotopic (exact) mass is 206 g/mol. The summed E-state index contributed by atoms with van der Waals surface area (Å²) in [5.41, 5.74) is 0. The minimum atomic E-state index is -3.03. The Balaban J connectivity index is 2.33. The van der Waals surface area contributed by atoms with E-state index in [1.165, 1.54) is 0 Å². The highest BCUT2D eigenvalue weighted by Gasteiger charge is 2.23. The van der Waals surface area contributed by atoms with Gasteiger partial charge in [0.2, 0.25) is 0 Å². The molecule has 0 radical (unpaired) electrons. The molecule has 1 saturated heterocycles. The summed E-state index contributed by atoms with van der Waals surface area (Å²) in [7, 11) is -3.03. The van der Waals surface area contributed by atoms with Gasteiger partial charge in [-0.05, 0) is 12.8 Å². The summed E-state index contributed by atoms with van der Waals surface area (Å²) in [4.78, 5) is 11.3. The van der Waals surface area contributed by atoms with E-state index in [1.807, 2.05) is 0 Å². The molecule has 1 fully saturated rings. The van der Waals surface area contributed by atoms with Gasteiger partial charge in [0.15, 0.2) is 5.78 Å². The molecule has 0 aromatic heterocycles. The quantitative estimate of drug-likeness (QED) is 0.658. The maximum atomic E-state index is 11.3. The summed E-state index contributed by atoms with van der Waals surface area (Å²) in [5, 5.41) is 0. The summed E-state index contributed by atoms with van der Waals surface area (Å²) < 4.78 is 26.7. The molecule has 0 spiro atoms. The SMILES string of the molecule is CS(=O)(=O)CCC(=O)C1CCCO1. The van der Waals surface area contributed by atoms with Gasteiger partial charge >= 0.3 is 0 Å². The number of hydrogen-bond donors (Lipinski definition) is 0. The Morgan fingerprint density at radius 1 is 1.54 bits per heavy atom. The molecular weight excluding hydrogens is 192 g/mol. The number of sulfone groups is 1. The molecule has 1 atom stereocenters. The second kappa shape index (κ2) is 4.19. The molecule has 1 heterocycles. The molecular formula is C8H14O4S. The van der Waals surface area contributed by atoms with Crippen LogP contribution in [-0.4, -0.2) is 38.9 Å². The maximum absolute atomic E-state index is 11.3. The Labute approximate surface area is 78.2 Å². The lowest BCUT2D eigenvalue weighted by atomic mass is 10.1.